The van der Waals surface area contributed by atoms with Gasteiger partial charge in [0.05, 0.1) is 6.42 Å². The Labute approximate surface area is 186 Å². The highest BCUT2D eigenvalue weighted by atomic mass is 16.7. The van der Waals surface area contributed by atoms with Gasteiger partial charge < -0.3 is 18.9 Å². The first-order valence-electron chi connectivity index (χ1n) is 9.88. The average Bonchev–Trinajstić information content (AvgIpc) is 3.11. The van der Waals surface area contributed by atoms with Crippen molar-refractivity contribution >= 4 is 23.7 Å². The second-order valence-electron chi connectivity index (χ2n) is 7.16. The van der Waals surface area contributed by atoms with Crippen LogP contribution in [0.4, 0.5) is 5.82 Å². The van der Waals surface area contributed by atoms with Crippen molar-refractivity contribution in [2.45, 2.75) is 31.0 Å². The fourth-order valence-electron chi connectivity index (χ4n) is 3.47. The molecule has 2 N–H and O–H groups in total. The van der Waals surface area contributed by atoms with E-state index in [0.717, 1.165) is 22.3 Å². The minimum Gasteiger partial charge on any atom is -0.463 e. The van der Waals surface area contributed by atoms with Crippen LogP contribution >= 0.6 is 0 Å². The number of hydrogen-bond donors (Lipinski definition) is 2. The summed E-state index contributed by atoms with van der Waals surface area (Å²) in [5.74, 6) is -2.32. The molecule has 1 aromatic heterocycles. The Morgan fingerprint density at radius 2 is 1.76 bits per heavy atom. The maximum absolute atomic E-state index is 12.4. The monoisotopic (exact) mass is 457 g/mol. The first-order chi connectivity index (χ1) is 15.9. The Balaban J connectivity index is 1.55. The van der Waals surface area contributed by atoms with Gasteiger partial charge in [-0.25, -0.2) is 14.4 Å². The third kappa shape index (κ3) is 5.07. The number of ether oxygens (including phenoxy) is 4. The number of rotatable bonds is 6. The summed E-state index contributed by atoms with van der Waals surface area (Å²) >= 11 is 0. The Morgan fingerprint density at radius 3 is 2.42 bits per heavy atom. The van der Waals surface area contributed by atoms with Crippen molar-refractivity contribution in [3.63, 3.8) is 0 Å². The van der Waals surface area contributed by atoms with Crippen LogP contribution in [0.3, 0.4) is 0 Å². The number of nitrogens with zero attached hydrogens (tertiary/aromatic N) is 2. The molecule has 4 rings (SSSR count). The predicted molar refractivity (Wildman–Crippen MR) is 108 cm³/mol. The molecule has 12 nitrogen and oxygen atoms in total. The van der Waals surface area contributed by atoms with Crippen LogP contribution in [0.1, 0.15) is 11.8 Å². The number of carbonyl (C=O) groups excluding carboxylic acids is 3. The third-order valence-corrected chi connectivity index (χ3v) is 4.96. The van der Waals surface area contributed by atoms with Gasteiger partial charge in [-0.3, -0.25) is 20.0 Å². The van der Waals surface area contributed by atoms with Gasteiger partial charge in [0, 0.05) is 18.3 Å². The highest BCUT2D eigenvalue weighted by Crippen LogP contribution is 2.34. The molecule has 2 aliphatic rings. The molecule has 4 atom stereocenters. The van der Waals surface area contributed by atoms with Crippen molar-refractivity contribution in [1.82, 2.24) is 9.55 Å². The number of aromatic nitrogens is 2. The van der Waals surface area contributed by atoms with E-state index in [-0.39, 0.29) is 18.8 Å². The molecule has 33 heavy (non-hydrogen) atoms. The van der Waals surface area contributed by atoms with Gasteiger partial charge >= 0.3 is 23.6 Å². The second kappa shape index (κ2) is 9.63. The maximum Gasteiger partial charge on any atom is 0.351 e. The zero-order valence-corrected chi connectivity index (χ0v) is 17.0. The first-order valence-corrected chi connectivity index (χ1v) is 9.88. The van der Waals surface area contributed by atoms with Crippen molar-refractivity contribution in [1.29, 1.82) is 0 Å². The molecule has 2 aromatic rings. The van der Waals surface area contributed by atoms with Gasteiger partial charge in [-0.15, -0.1) is 0 Å². The van der Waals surface area contributed by atoms with Crippen molar-refractivity contribution in [3.05, 3.63) is 70.8 Å². The van der Waals surface area contributed by atoms with Crippen LogP contribution in [0.25, 0.3) is 0 Å². The van der Waals surface area contributed by atoms with Crippen LogP contribution in [-0.2, 0) is 39.8 Å². The fraction of sp³-hybridized carbons (Fsp3) is 0.286. The van der Waals surface area contributed by atoms with Crippen LogP contribution in [0.2, 0.25) is 0 Å². The molecule has 0 amide bonds. The summed E-state index contributed by atoms with van der Waals surface area (Å²) in [6.45, 7) is -0.323. The molecule has 1 unspecified atom stereocenters. The molecule has 2 aliphatic heterocycles. The molecule has 1 aromatic carbocycles. The van der Waals surface area contributed by atoms with Crippen molar-refractivity contribution < 1.29 is 38.5 Å². The van der Waals surface area contributed by atoms with Crippen LogP contribution in [0.5, 0.6) is 0 Å². The van der Waals surface area contributed by atoms with Crippen molar-refractivity contribution in [2.75, 3.05) is 12.1 Å². The van der Waals surface area contributed by atoms with Crippen LogP contribution in [-0.4, -0.2) is 57.6 Å². The zero-order chi connectivity index (χ0) is 23.4. The van der Waals surface area contributed by atoms with Gasteiger partial charge in [-0.2, -0.15) is 4.98 Å². The quantitative estimate of drug-likeness (QED) is 0.345. The van der Waals surface area contributed by atoms with E-state index >= 15 is 0 Å². The van der Waals surface area contributed by atoms with Crippen LogP contribution in [0.15, 0.2) is 59.5 Å². The SMILES string of the molecule is O=C1/C=C\C(=O)O[C@@H]2C(O1)[C@@H](COC(=O)Cc1ccccc1)O[C@H]2n1ccc(NO)nc1=O. The molecule has 1 fully saturated rings. The summed E-state index contributed by atoms with van der Waals surface area (Å²) in [7, 11) is 0. The largest absolute Gasteiger partial charge is 0.463 e. The normalized spacial score (nSPS) is 25.1. The number of fused-ring (bicyclic) bond motifs is 1. The molecule has 12 heteroatoms. The van der Waals surface area contributed by atoms with E-state index in [9.17, 15) is 19.2 Å². The molecular formula is C21H19N3O9. The number of anilines is 1. The van der Waals surface area contributed by atoms with E-state index < -0.39 is 48.1 Å². The van der Waals surface area contributed by atoms with E-state index in [2.05, 4.69) is 4.98 Å². The lowest BCUT2D eigenvalue weighted by Gasteiger charge is -2.25. The summed E-state index contributed by atoms with van der Waals surface area (Å²) in [6.07, 6.45) is -1.59. The summed E-state index contributed by atoms with van der Waals surface area (Å²) in [5, 5.41) is 8.93. The molecule has 0 saturated carbocycles. The molecular weight excluding hydrogens is 438 g/mol. The lowest BCUT2D eigenvalue weighted by atomic mass is 10.1. The fourth-order valence-corrected chi connectivity index (χ4v) is 3.47. The number of hydrogen-bond acceptors (Lipinski definition) is 11. The van der Waals surface area contributed by atoms with E-state index in [0.29, 0.717) is 0 Å². The van der Waals surface area contributed by atoms with Crippen LogP contribution in [0, 0.1) is 0 Å². The Morgan fingerprint density at radius 1 is 1.06 bits per heavy atom. The minimum absolute atomic E-state index is 0.0155. The smallest absolute Gasteiger partial charge is 0.351 e. The number of esters is 3. The number of benzene rings is 1. The Bertz CT molecular complexity index is 1130. The lowest BCUT2D eigenvalue weighted by molar-refractivity contribution is -0.165. The number of carbonyl (C=O) groups is 3. The van der Waals surface area contributed by atoms with E-state index in [4.69, 9.17) is 24.2 Å². The first kappa shape index (κ1) is 22.2. The van der Waals surface area contributed by atoms with Crippen molar-refractivity contribution in [3.8, 4) is 0 Å². The number of nitrogens with one attached hydrogen (secondary N) is 1. The Hall–Kier alpha value is -4.03. The molecule has 0 spiro atoms. The zero-order valence-electron chi connectivity index (χ0n) is 17.0. The molecule has 0 aliphatic carbocycles. The van der Waals surface area contributed by atoms with Gasteiger partial charge in [0.1, 0.15) is 12.7 Å². The van der Waals surface area contributed by atoms with Gasteiger partial charge in [0.15, 0.2) is 24.3 Å². The van der Waals surface area contributed by atoms with Crippen LogP contribution < -0.4 is 11.2 Å². The highest BCUT2D eigenvalue weighted by Gasteiger charge is 2.51. The van der Waals surface area contributed by atoms with Gasteiger partial charge in [-0.1, -0.05) is 30.3 Å². The van der Waals surface area contributed by atoms with E-state index in [1.54, 1.807) is 29.7 Å². The molecule has 0 radical (unpaired) electrons. The topological polar surface area (TPSA) is 155 Å². The predicted octanol–water partition coefficient (Wildman–Crippen LogP) is 0.121. The highest BCUT2D eigenvalue weighted by molar-refractivity contribution is 5.92. The average molecular weight is 457 g/mol. The molecule has 3 heterocycles. The van der Waals surface area contributed by atoms with Gasteiger partial charge in [0.25, 0.3) is 0 Å². The summed E-state index contributed by atoms with van der Waals surface area (Å²) in [6, 6.07) is 10.2. The minimum atomic E-state index is -1.23. The van der Waals surface area contributed by atoms with Gasteiger partial charge in [0.2, 0.25) is 0 Å². The molecule has 0 bridgehead atoms. The van der Waals surface area contributed by atoms with Crippen molar-refractivity contribution in [2.24, 2.45) is 0 Å². The third-order valence-electron chi connectivity index (χ3n) is 4.96. The maximum atomic E-state index is 12.4. The summed E-state index contributed by atoms with van der Waals surface area (Å²) in [4.78, 5) is 52.4. The standard InChI is InChI=1S/C21H19N3O9/c25-15-6-7-16(26)33-19-18(32-15)13(11-30-17(27)10-12-4-2-1-3-5-12)31-20(19)24-9-8-14(23-29)22-21(24)28/h1-9,13,18-20,29H,10-11H2,(H,22,23,28)/b7-6-/t13-,18?,19-,20-/m1/s1. The summed E-state index contributed by atoms with van der Waals surface area (Å²) in [5.41, 5.74) is 1.66. The van der Waals surface area contributed by atoms with Gasteiger partial charge in [-0.05, 0) is 11.6 Å². The Kier molecular flexibility index (Phi) is 6.47. The second-order valence-corrected chi connectivity index (χ2v) is 7.16. The lowest BCUT2D eigenvalue weighted by Crippen LogP contribution is -2.43. The van der Waals surface area contributed by atoms with E-state index in [1.807, 2.05) is 6.07 Å². The summed E-state index contributed by atoms with van der Waals surface area (Å²) < 4.78 is 22.9. The van der Waals surface area contributed by atoms with E-state index in [1.165, 1.54) is 12.3 Å². The molecule has 172 valence electrons. The molecule has 1 saturated heterocycles.